The lowest BCUT2D eigenvalue weighted by Gasteiger charge is -2.22. The maximum absolute atomic E-state index is 4.40. The van der Waals surface area contributed by atoms with Crippen molar-refractivity contribution < 1.29 is 0 Å². The van der Waals surface area contributed by atoms with Crippen LogP contribution in [0.1, 0.15) is 11.1 Å². The normalized spacial score (nSPS) is 11.4. The van der Waals surface area contributed by atoms with E-state index in [1.807, 2.05) is 49.2 Å². The van der Waals surface area contributed by atoms with Crippen molar-refractivity contribution in [3.63, 3.8) is 0 Å². The van der Waals surface area contributed by atoms with Crippen LogP contribution in [0.4, 0.5) is 0 Å². The molecule has 0 atom stereocenters. The second kappa shape index (κ2) is 8.15. The van der Waals surface area contributed by atoms with Crippen LogP contribution in [-0.4, -0.2) is 34.7 Å². The molecule has 0 bridgehead atoms. The molecule has 25 heavy (non-hydrogen) atoms. The molecule has 0 aliphatic heterocycles. The number of para-hydroxylation sites is 1. The third kappa shape index (κ3) is 4.26. The van der Waals surface area contributed by atoms with Crippen LogP contribution in [0, 0.1) is 0 Å². The summed E-state index contributed by atoms with van der Waals surface area (Å²) >= 11 is 0. The Bertz CT molecular complexity index is 809. The summed E-state index contributed by atoms with van der Waals surface area (Å²) in [5.74, 6) is 0.860. The van der Waals surface area contributed by atoms with Crippen LogP contribution in [0.15, 0.2) is 78.0 Å². The largest absolute Gasteiger partial charge is 0.352 e. The van der Waals surface area contributed by atoms with E-state index in [-0.39, 0.29) is 0 Å². The van der Waals surface area contributed by atoms with Gasteiger partial charge >= 0.3 is 0 Å². The maximum Gasteiger partial charge on any atom is 0.193 e. The Morgan fingerprint density at radius 1 is 1.08 bits per heavy atom. The fraction of sp³-hybridized carbons (Fsp3) is 0.200. The van der Waals surface area contributed by atoms with Crippen LogP contribution in [0.2, 0.25) is 0 Å². The summed E-state index contributed by atoms with van der Waals surface area (Å²) in [6, 6.07) is 20.6. The van der Waals surface area contributed by atoms with Gasteiger partial charge in [0, 0.05) is 39.6 Å². The highest BCUT2D eigenvalue weighted by Gasteiger charge is 2.09. The minimum Gasteiger partial charge on any atom is -0.352 e. The highest BCUT2D eigenvalue weighted by Crippen LogP contribution is 2.13. The van der Waals surface area contributed by atoms with Gasteiger partial charge in [0.2, 0.25) is 0 Å². The Hall–Kier alpha value is -3.08. The Morgan fingerprint density at radius 3 is 2.56 bits per heavy atom. The highest BCUT2D eigenvalue weighted by atomic mass is 15.3. The molecule has 0 aliphatic carbocycles. The maximum atomic E-state index is 4.40. The van der Waals surface area contributed by atoms with E-state index in [2.05, 4.69) is 56.7 Å². The summed E-state index contributed by atoms with van der Waals surface area (Å²) in [6.07, 6.45) is 3.74. The van der Waals surface area contributed by atoms with Crippen LogP contribution in [-0.2, 0) is 13.1 Å². The molecule has 1 N–H and O–H groups in total. The molecule has 2 aromatic carbocycles. The summed E-state index contributed by atoms with van der Waals surface area (Å²) in [4.78, 5) is 6.52. The first kappa shape index (κ1) is 16.8. The summed E-state index contributed by atoms with van der Waals surface area (Å²) in [5, 5.41) is 7.78. The molecule has 0 aliphatic rings. The van der Waals surface area contributed by atoms with Crippen molar-refractivity contribution in [2.75, 3.05) is 14.1 Å². The van der Waals surface area contributed by atoms with Crippen LogP contribution >= 0.6 is 0 Å². The van der Waals surface area contributed by atoms with Crippen LogP contribution in [0.3, 0.4) is 0 Å². The number of aromatic nitrogens is 2. The molecule has 0 saturated heterocycles. The van der Waals surface area contributed by atoms with Gasteiger partial charge in [-0.05, 0) is 23.3 Å². The Morgan fingerprint density at radius 2 is 1.84 bits per heavy atom. The fourth-order valence-corrected chi connectivity index (χ4v) is 2.79. The number of guanidine groups is 1. The summed E-state index contributed by atoms with van der Waals surface area (Å²) in [6.45, 7) is 1.49. The number of nitrogens with zero attached hydrogens (tertiary/aromatic N) is 4. The van der Waals surface area contributed by atoms with Crippen LogP contribution in [0.5, 0.6) is 0 Å². The molecule has 0 amide bonds. The third-order valence-corrected chi connectivity index (χ3v) is 4.02. The first-order chi connectivity index (χ1) is 12.3. The summed E-state index contributed by atoms with van der Waals surface area (Å²) < 4.78 is 1.88. The van der Waals surface area contributed by atoms with Gasteiger partial charge in [0.1, 0.15) is 0 Å². The molecule has 0 radical (unpaired) electrons. The summed E-state index contributed by atoms with van der Waals surface area (Å²) in [7, 11) is 3.85. The number of aliphatic imine (C=N–C) groups is 1. The first-order valence-corrected chi connectivity index (χ1v) is 8.31. The standard InChI is InChI=1S/C20H23N5/c1-21-20(24(2)16-17-9-4-3-5-10-17)22-15-18-11-6-7-12-19(18)25-14-8-13-23-25/h3-14H,15-16H2,1-2H3,(H,21,22). The molecule has 0 spiro atoms. The topological polar surface area (TPSA) is 45.5 Å². The lowest BCUT2D eigenvalue weighted by Crippen LogP contribution is -2.38. The van der Waals surface area contributed by atoms with Crippen LogP contribution < -0.4 is 5.32 Å². The van der Waals surface area contributed by atoms with Gasteiger partial charge in [-0.1, -0.05) is 48.5 Å². The van der Waals surface area contributed by atoms with Gasteiger partial charge in [-0.2, -0.15) is 5.10 Å². The molecular weight excluding hydrogens is 310 g/mol. The molecule has 3 aromatic rings. The van der Waals surface area contributed by atoms with Gasteiger partial charge in [-0.25, -0.2) is 4.68 Å². The van der Waals surface area contributed by atoms with Crippen molar-refractivity contribution >= 4 is 5.96 Å². The van der Waals surface area contributed by atoms with Crippen molar-refractivity contribution in [1.29, 1.82) is 0 Å². The number of hydrogen-bond donors (Lipinski definition) is 1. The van der Waals surface area contributed by atoms with E-state index in [0.29, 0.717) is 6.54 Å². The van der Waals surface area contributed by atoms with Crippen molar-refractivity contribution in [2.24, 2.45) is 4.99 Å². The number of hydrogen-bond acceptors (Lipinski definition) is 2. The smallest absolute Gasteiger partial charge is 0.193 e. The minimum absolute atomic E-state index is 0.682. The molecule has 0 unspecified atom stereocenters. The molecule has 128 valence electrons. The minimum atomic E-state index is 0.682. The van der Waals surface area contributed by atoms with Crippen molar-refractivity contribution in [2.45, 2.75) is 13.1 Å². The predicted octanol–water partition coefficient (Wildman–Crippen LogP) is 3.08. The van der Waals surface area contributed by atoms with E-state index in [0.717, 1.165) is 18.2 Å². The van der Waals surface area contributed by atoms with Gasteiger partial charge in [-0.15, -0.1) is 0 Å². The number of rotatable bonds is 5. The van der Waals surface area contributed by atoms with Crippen molar-refractivity contribution in [3.05, 3.63) is 84.2 Å². The molecule has 5 nitrogen and oxygen atoms in total. The zero-order valence-corrected chi connectivity index (χ0v) is 14.6. The van der Waals surface area contributed by atoms with Gasteiger partial charge in [0.05, 0.1) is 5.69 Å². The predicted molar refractivity (Wildman–Crippen MR) is 102 cm³/mol. The first-order valence-electron chi connectivity index (χ1n) is 8.31. The van der Waals surface area contributed by atoms with Crippen molar-refractivity contribution in [3.8, 4) is 5.69 Å². The average Bonchev–Trinajstić information content (AvgIpc) is 3.18. The zero-order chi connectivity index (χ0) is 17.5. The van der Waals surface area contributed by atoms with E-state index in [4.69, 9.17) is 0 Å². The SMILES string of the molecule is CN=C(NCc1ccccc1-n1cccn1)N(C)Cc1ccccc1. The molecular formula is C20H23N5. The summed E-state index contributed by atoms with van der Waals surface area (Å²) in [5.41, 5.74) is 3.49. The Labute approximate surface area is 148 Å². The quantitative estimate of drug-likeness (QED) is 0.576. The molecule has 1 aromatic heterocycles. The number of nitrogens with one attached hydrogen (secondary N) is 1. The van der Waals surface area contributed by atoms with E-state index >= 15 is 0 Å². The van der Waals surface area contributed by atoms with E-state index < -0.39 is 0 Å². The van der Waals surface area contributed by atoms with Gasteiger partial charge < -0.3 is 10.2 Å². The fourth-order valence-electron chi connectivity index (χ4n) is 2.79. The van der Waals surface area contributed by atoms with E-state index in [9.17, 15) is 0 Å². The Balaban J connectivity index is 1.68. The van der Waals surface area contributed by atoms with Gasteiger partial charge in [-0.3, -0.25) is 4.99 Å². The third-order valence-electron chi connectivity index (χ3n) is 4.02. The second-order valence-corrected chi connectivity index (χ2v) is 5.82. The van der Waals surface area contributed by atoms with Crippen LogP contribution in [0.25, 0.3) is 5.69 Å². The van der Waals surface area contributed by atoms with E-state index in [1.165, 1.54) is 11.1 Å². The average molecular weight is 333 g/mol. The lowest BCUT2D eigenvalue weighted by atomic mass is 10.2. The molecule has 0 fully saturated rings. The second-order valence-electron chi connectivity index (χ2n) is 5.82. The molecule has 0 saturated carbocycles. The van der Waals surface area contributed by atoms with E-state index in [1.54, 1.807) is 6.20 Å². The number of benzene rings is 2. The lowest BCUT2D eigenvalue weighted by molar-refractivity contribution is 0.476. The Kier molecular flexibility index (Phi) is 5.46. The molecule has 1 heterocycles. The monoisotopic (exact) mass is 333 g/mol. The van der Waals surface area contributed by atoms with Gasteiger partial charge in [0.15, 0.2) is 5.96 Å². The van der Waals surface area contributed by atoms with Crippen molar-refractivity contribution in [1.82, 2.24) is 20.0 Å². The molecule has 3 rings (SSSR count). The van der Waals surface area contributed by atoms with Gasteiger partial charge in [0.25, 0.3) is 0 Å². The zero-order valence-electron chi connectivity index (χ0n) is 14.6. The highest BCUT2D eigenvalue weighted by molar-refractivity contribution is 5.79. The molecule has 5 heteroatoms.